The van der Waals surface area contributed by atoms with Crippen molar-refractivity contribution in [1.82, 2.24) is 0 Å². The Balaban J connectivity index is 1.91. The Morgan fingerprint density at radius 2 is 1.71 bits per heavy atom. The highest BCUT2D eigenvalue weighted by atomic mass is 16.3. The number of rotatable bonds is 3. The van der Waals surface area contributed by atoms with Crippen molar-refractivity contribution >= 4 is 27.6 Å². The predicted octanol–water partition coefficient (Wildman–Crippen LogP) is 8.50. The monoisotopic (exact) mass is 463 g/mol. The van der Waals surface area contributed by atoms with Crippen LogP contribution in [0.4, 0.5) is 5.69 Å². The van der Waals surface area contributed by atoms with E-state index in [4.69, 9.17) is 15.1 Å². The molecule has 3 nitrogen and oxygen atoms in total. The molecule has 0 saturated carbocycles. The quantitative estimate of drug-likeness (QED) is 0.194. The number of furan rings is 1. The van der Waals surface area contributed by atoms with Crippen LogP contribution in [-0.4, -0.2) is 0 Å². The molecule has 0 aliphatic rings. The Labute approximate surface area is 213 Å². The van der Waals surface area contributed by atoms with Gasteiger partial charge >= 0.3 is 0 Å². The molecule has 0 aliphatic carbocycles. The van der Waals surface area contributed by atoms with E-state index in [0.717, 1.165) is 27.5 Å². The van der Waals surface area contributed by atoms with Gasteiger partial charge < -0.3 is 4.42 Å². The summed E-state index contributed by atoms with van der Waals surface area (Å²) in [6.07, 6.45) is -1.92. The lowest BCUT2D eigenvalue weighted by molar-refractivity contribution is -0.666. The molecule has 0 N–H and O–H groups in total. The Bertz CT molecular complexity index is 1820. The molecule has 2 heterocycles. The number of hydrogen-bond donors (Lipinski definition) is 0. The molecule has 2 aromatic heterocycles. The molecule has 0 bridgehead atoms. The van der Waals surface area contributed by atoms with Crippen molar-refractivity contribution in [3.63, 3.8) is 0 Å². The zero-order valence-electron chi connectivity index (χ0n) is 25.0. The first-order chi connectivity index (χ1) is 18.3. The van der Waals surface area contributed by atoms with Crippen LogP contribution in [0, 0.1) is 25.8 Å². The molecule has 174 valence electrons. The normalized spacial score (nSPS) is 13.9. The molecule has 0 saturated heterocycles. The summed E-state index contributed by atoms with van der Waals surface area (Å²) in [6.45, 7) is 16.9. The first-order valence-corrected chi connectivity index (χ1v) is 11.7. The number of benzene rings is 3. The summed E-state index contributed by atoms with van der Waals surface area (Å²) in [5, 5.41) is 1.63. The molecule has 0 spiro atoms. The molecule has 0 atom stereocenters. The van der Waals surface area contributed by atoms with E-state index in [2.05, 4.69) is 4.85 Å². The fraction of sp³-hybridized carbons (Fsp3) is 0.250. The minimum Gasteiger partial charge on any atom is -0.466 e. The molecule has 0 unspecified atom stereocenters. The lowest BCUT2D eigenvalue weighted by Crippen LogP contribution is -2.35. The predicted molar refractivity (Wildman–Crippen MR) is 145 cm³/mol. The number of pyridine rings is 1. The van der Waals surface area contributed by atoms with Gasteiger partial charge in [0.2, 0.25) is 11.4 Å². The second kappa shape index (κ2) is 8.40. The third kappa shape index (κ3) is 4.10. The second-order valence-electron chi connectivity index (χ2n) is 10.1. The first-order valence-electron chi connectivity index (χ1n) is 13.7. The van der Waals surface area contributed by atoms with E-state index in [9.17, 15) is 1.37 Å². The van der Waals surface area contributed by atoms with Crippen LogP contribution in [0.3, 0.4) is 0 Å². The molecular weight excluding hydrogens is 428 g/mol. The summed E-state index contributed by atoms with van der Waals surface area (Å²) >= 11 is 0. The highest BCUT2D eigenvalue weighted by Gasteiger charge is 2.25. The maximum atomic E-state index is 9.26. The maximum Gasteiger partial charge on any atom is 0.230 e. The Hall–Kier alpha value is -3.90. The van der Waals surface area contributed by atoms with Gasteiger partial charge in [-0.2, -0.15) is 4.57 Å². The number of aryl methyl sites for hydroxylation is 1. The van der Waals surface area contributed by atoms with Crippen LogP contribution in [-0.2, 0) is 13.4 Å². The zero-order valence-corrected chi connectivity index (χ0v) is 21.0. The summed E-state index contributed by atoms with van der Waals surface area (Å²) < 4.78 is 44.2. The molecule has 0 radical (unpaired) electrons. The summed E-state index contributed by atoms with van der Waals surface area (Å²) in [4.78, 5) is 3.78. The first kappa shape index (κ1) is 18.4. The molecular formula is C32H31N2O+. The third-order valence-electron chi connectivity index (χ3n) is 6.28. The van der Waals surface area contributed by atoms with E-state index in [1.807, 2.05) is 61.5 Å². The minimum atomic E-state index is -1.92. The third-order valence-corrected chi connectivity index (χ3v) is 6.28. The van der Waals surface area contributed by atoms with Crippen molar-refractivity contribution < 1.29 is 14.5 Å². The van der Waals surface area contributed by atoms with E-state index >= 15 is 0 Å². The topological polar surface area (TPSA) is 21.4 Å². The number of aromatic nitrogens is 1. The van der Waals surface area contributed by atoms with Gasteiger partial charge in [-0.1, -0.05) is 63.2 Å². The molecule has 0 aliphatic heterocycles. The highest BCUT2D eigenvalue weighted by molar-refractivity contribution is 6.14. The van der Waals surface area contributed by atoms with Crippen molar-refractivity contribution in [1.29, 1.82) is 0 Å². The Kier molecular flexibility index (Phi) is 4.42. The largest absolute Gasteiger partial charge is 0.466 e. The van der Waals surface area contributed by atoms with Gasteiger partial charge in [0, 0.05) is 32.5 Å². The van der Waals surface area contributed by atoms with Crippen LogP contribution >= 0.6 is 0 Å². The number of nitrogens with zero attached hydrogens (tertiary/aromatic N) is 2. The summed E-state index contributed by atoms with van der Waals surface area (Å²) in [5.74, 6) is 0. The zero-order chi connectivity index (χ0) is 28.4. The molecule has 5 aromatic rings. The van der Waals surface area contributed by atoms with Crippen LogP contribution in [0.1, 0.15) is 43.1 Å². The number of fused-ring (bicyclic) bond motifs is 3. The summed E-state index contributed by atoms with van der Waals surface area (Å²) in [6, 6.07) is 17.7. The molecule has 35 heavy (non-hydrogen) atoms. The fourth-order valence-corrected chi connectivity index (χ4v) is 4.53. The molecule has 5 rings (SSSR count). The van der Waals surface area contributed by atoms with Crippen LogP contribution in [0.25, 0.3) is 49.2 Å². The van der Waals surface area contributed by atoms with Gasteiger partial charge in [-0.25, -0.2) is 4.85 Å². The van der Waals surface area contributed by atoms with Gasteiger partial charge in [0.05, 0.1) is 14.9 Å². The van der Waals surface area contributed by atoms with E-state index in [-0.39, 0.29) is 17.6 Å². The smallest absolute Gasteiger partial charge is 0.230 e. The van der Waals surface area contributed by atoms with Crippen molar-refractivity contribution in [2.45, 2.75) is 41.0 Å². The maximum absolute atomic E-state index is 9.26. The van der Waals surface area contributed by atoms with Gasteiger partial charge in [-0.15, -0.1) is 0 Å². The van der Waals surface area contributed by atoms with Crippen molar-refractivity contribution in [2.24, 2.45) is 12.5 Å². The minimum absolute atomic E-state index is 0.0283. The van der Waals surface area contributed by atoms with Crippen LogP contribution < -0.4 is 4.57 Å². The van der Waals surface area contributed by atoms with Gasteiger partial charge in [-0.05, 0) is 53.1 Å². The van der Waals surface area contributed by atoms with Crippen molar-refractivity contribution in [3.8, 4) is 22.4 Å². The van der Waals surface area contributed by atoms with Gasteiger partial charge in [0.25, 0.3) is 0 Å². The summed E-state index contributed by atoms with van der Waals surface area (Å²) in [7, 11) is 1.80. The van der Waals surface area contributed by atoms with Crippen LogP contribution in [0.5, 0.6) is 0 Å². The fourth-order valence-electron chi connectivity index (χ4n) is 4.53. The van der Waals surface area contributed by atoms with Crippen molar-refractivity contribution in [3.05, 3.63) is 94.9 Å². The standard InChI is InChI=1S/C32H31N2O/c1-20-13-14-25-26-17-24(23-11-9-8-10-12-23)18-27(33-6)30(26)35-31(25)29(20)28-16-22(19-32(3,4)5)15-21(2)34(28)7/h8-18H,19H2,1-5,7H3/q+1/i15D,16D,19D2. The Morgan fingerprint density at radius 3 is 2.40 bits per heavy atom. The van der Waals surface area contributed by atoms with E-state index in [0.29, 0.717) is 33.8 Å². The molecule has 0 amide bonds. The van der Waals surface area contributed by atoms with E-state index in [1.165, 1.54) is 0 Å². The van der Waals surface area contributed by atoms with E-state index in [1.54, 1.807) is 39.3 Å². The van der Waals surface area contributed by atoms with Gasteiger partial charge in [0.1, 0.15) is 18.2 Å². The van der Waals surface area contributed by atoms with Gasteiger partial charge in [-0.3, -0.25) is 0 Å². The molecule has 3 aromatic carbocycles. The Morgan fingerprint density at radius 1 is 0.971 bits per heavy atom. The van der Waals surface area contributed by atoms with Crippen LogP contribution in [0.15, 0.2) is 71.1 Å². The SMILES string of the molecule is [2H]c1c(C([2H])([2H])C(C)(C)C)c([2H])c(-c2c(C)ccc3c2oc2c([N+]#[C-])cc(-c4ccccc4)cc23)[n+](C)c1C. The lowest BCUT2D eigenvalue weighted by Gasteiger charge is -2.18. The summed E-state index contributed by atoms with van der Waals surface area (Å²) in [5.41, 5.74) is 5.17. The highest BCUT2D eigenvalue weighted by Crippen LogP contribution is 2.42. The van der Waals surface area contributed by atoms with Crippen molar-refractivity contribution in [2.75, 3.05) is 0 Å². The van der Waals surface area contributed by atoms with E-state index < -0.39 is 11.8 Å². The average molecular weight is 464 g/mol. The average Bonchev–Trinajstić information content (AvgIpc) is 3.26. The number of hydrogen-bond acceptors (Lipinski definition) is 1. The lowest BCUT2D eigenvalue weighted by atomic mass is 9.87. The van der Waals surface area contributed by atoms with Gasteiger partial charge in [0.15, 0.2) is 5.69 Å². The second-order valence-corrected chi connectivity index (χ2v) is 10.1. The molecule has 3 heteroatoms. The molecule has 0 fully saturated rings. The van der Waals surface area contributed by atoms with Crippen LogP contribution in [0.2, 0.25) is 0 Å².